The Hall–Kier alpha value is -1.52. The maximum Gasteiger partial charge on any atom is 0.259 e. The van der Waals surface area contributed by atoms with Crippen molar-refractivity contribution in [3.05, 3.63) is 16.7 Å². The maximum absolute atomic E-state index is 11.4. The third kappa shape index (κ3) is 1.63. The third-order valence-corrected chi connectivity index (χ3v) is 1.91. The molecule has 0 radical (unpaired) electrons. The molecule has 0 aromatic carbocycles. The molecule has 1 aliphatic heterocycles. The van der Waals surface area contributed by atoms with Crippen LogP contribution in [0.5, 0.6) is 0 Å². The highest BCUT2D eigenvalue weighted by atomic mass is 16.2. The first kappa shape index (κ1) is 9.57. The highest BCUT2D eigenvalue weighted by Crippen LogP contribution is 2.16. The van der Waals surface area contributed by atoms with Gasteiger partial charge in [0, 0.05) is 6.04 Å². The molecule has 1 aliphatic rings. The van der Waals surface area contributed by atoms with Crippen molar-refractivity contribution in [1.82, 2.24) is 4.90 Å². The molecule has 1 amide bonds. The molecule has 0 aromatic heterocycles. The lowest BCUT2D eigenvalue weighted by atomic mass is 10.2. The van der Waals surface area contributed by atoms with Gasteiger partial charge in [-0.15, -0.1) is 4.91 Å². The summed E-state index contributed by atoms with van der Waals surface area (Å²) >= 11 is 0. The number of carbonyl (C=O) groups is 2. The fourth-order valence-corrected chi connectivity index (χ4v) is 1.18. The van der Waals surface area contributed by atoms with E-state index >= 15 is 0 Å². The van der Waals surface area contributed by atoms with Crippen LogP contribution in [0.25, 0.3) is 0 Å². The van der Waals surface area contributed by atoms with Crippen LogP contribution in [0.15, 0.2) is 16.9 Å². The normalized spacial score (nSPS) is 20.5. The van der Waals surface area contributed by atoms with Gasteiger partial charge in [0.1, 0.15) is 5.57 Å². The van der Waals surface area contributed by atoms with Gasteiger partial charge in [-0.25, -0.2) is 0 Å². The Morgan fingerprint density at radius 3 is 2.46 bits per heavy atom. The molecule has 0 unspecified atom stereocenters. The Bertz CT molecular complexity index is 294. The predicted molar refractivity (Wildman–Crippen MR) is 45.7 cm³/mol. The van der Waals surface area contributed by atoms with E-state index in [1.54, 1.807) is 0 Å². The van der Waals surface area contributed by atoms with Crippen molar-refractivity contribution in [2.45, 2.75) is 19.9 Å². The highest BCUT2D eigenvalue weighted by Gasteiger charge is 2.34. The van der Waals surface area contributed by atoms with Gasteiger partial charge >= 0.3 is 0 Å². The van der Waals surface area contributed by atoms with E-state index < -0.39 is 5.91 Å². The predicted octanol–water partition coefficient (Wildman–Crippen LogP) is 0.456. The van der Waals surface area contributed by atoms with E-state index in [0.717, 1.165) is 6.20 Å². The zero-order valence-electron chi connectivity index (χ0n) is 7.48. The Kier molecular flexibility index (Phi) is 2.55. The Morgan fingerprint density at radius 1 is 1.46 bits per heavy atom. The molecule has 1 rings (SSSR count). The number of amides is 1. The topological polar surface area (TPSA) is 66.8 Å². The minimum atomic E-state index is -0.403. The van der Waals surface area contributed by atoms with E-state index in [9.17, 15) is 14.5 Å². The van der Waals surface area contributed by atoms with Gasteiger partial charge < -0.3 is 4.90 Å². The summed E-state index contributed by atoms with van der Waals surface area (Å²) < 4.78 is 0. The van der Waals surface area contributed by atoms with E-state index in [4.69, 9.17) is 0 Å². The number of ketones is 1. The van der Waals surface area contributed by atoms with Gasteiger partial charge in [-0.2, -0.15) is 0 Å². The molecule has 0 aliphatic carbocycles. The van der Waals surface area contributed by atoms with Crippen molar-refractivity contribution in [2.24, 2.45) is 5.18 Å². The smallest absolute Gasteiger partial charge is 0.259 e. The second-order valence-electron chi connectivity index (χ2n) is 3.10. The molecule has 0 spiro atoms. The van der Waals surface area contributed by atoms with Gasteiger partial charge in [0.2, 0.25) is 0 Å². The summed E-state index contributed by atoms with van der Waals surface area (Å²) in [5.41, 5.74) is -0.108. The van der Waals surface area contributed by atoms with Crippen LogP contribution in [0.1, 0.15) is 13.8 Å². The fraction of sp³-hybridized carbons (Fsp3) is 0.500. The van der Waals surface area contributed by atoms with Crippen molar-refractivity contribution in [3.63, 3.8) is 0 Å². The quantitative estimate of drug-likeness (QED) is 0.354. The summed E-state index contributed by atoms with van der Waals surface area (Å²) in [6, 6.07) is -0.0333. The lowest BCUT2D eigenvalue weighted by Crippen LogP contribution is -2.32. The van der Waals surface area contributed by atoms with E-state index in [2.05, 4.69) is 5.18 Å². The van der Waals surface area contributed by atoms with Crippen molar-refractivity contribution in [2.75, 3.05) is 6.54 Å². The van der Waals surface area contributed by atoms with Crippen molar-refractivity contribution in [1.29, 1.82) is 0 Å². The molecule has 70 valence electrons. The summed E-state index contributed by atoms with van der Waals surface area (Å²) in [6.45, 7) is 3.67. The number of nitrogens with zero attached hydrogens (tertiary/aromatic N) is 2. The van der Waals surface area contributed by atoms with E-state index in [0.29, 0.717) is 0 Å². The molecule has 0 saturated carbocycles. The van der Waals surface area contributed by atoms with Crippen LogP contribution in [0.3, 0.4) is 0 Å². The second-order valence-corrected chi connectivity index (χ2v) is 3.10. The first-order chi connectivity index (χ1) is 6.07. The fourth-order valence-electron chi connectivity index (χ4n) is 1.18. The van der Waals surface area contributed by atoms with Crippen molar-refractivity contribution in [3.8, 4) is 0 Å². The molecule has 5 heteroatoms. The standard InChI is InChI=1S/C8H10N2O3/c1-5(2)10-4-7(11)6(3-9-13)8(10)12/h3,5H,4H2,1-2H3/b6-3-. The molecular formula is C8H10N2O3. The highest BCUT2D eigenvalue weighted by molar-refractivity contribution is 6.24. The lowest BCUT2D eigenvalue weighted by molar-refractivity contribution is -0.126. The van der Waals surface area contributed by atoms with Crippen LogP contribution in [-0.2, 0) is 9.59 Å². The summed E-state index contributed by atoms with van der Waals surface area (Å²) in [4.78, 5) is 33.8. The first-order valence-electron chi connectivity index (χ1n) is 3.94. The van der Waals surface area contributed by atoms with Crippen LogP contribution < -0.4 is 0 Å². The molecule has 0 bridgehead atoms. The molecule has 5 nitrogen and oxygen atoms in total. The molecule has 1 saturated heterocycles. The number of Topliss-reactive ketones (excluding diaryl/α,β-unsaturated/α-hetero) is 1. The van der Waals surface area contributed by atoms with Crippen LogP contribution in [0.4, 0.5) is 0 Å². The lowest BCUT2D eigenvalue weighted by Gasteiger charge is -2.18. The van der Waals surface area contributed by atoms with Gasteiger partial charge in [-0.05, 0) is 19.0 Å². The molecule has 0 aromatic rings. The third-order valence-electron chi connectivity index (χ3n) is 1.91. The molecule has 0 N–H and O–H groups in total. The minimum Gasteiger partial charge on any atom is -0.328 e. The summed E-state index contributed by atoms with van der Waals surface area (Å²) in [5.74, 6) is -0.738. The summed E-state index contributed by atoms with van der Waals surface area (Å²) in [5, 5.41) is 2.43. The van der Waals surface area contributed by atoms with Gasteiger partial charge in [0.15, 0.2) is 5.78 Å². The summed E-state index contributed by atoms with van der Waals surface area (Å²) in [6.07, 6.45) is 0.785. The number of nitroso groups, excluding NO2 is 1. The maximum atomic E-state index is 11.4. The average molecular weight is 182 g/mol. The van der Waals surface area contributed by atoms with Crippen molar-refractivity contribution < 1.29 is 9.59 Å². The van der Waals surface area contributed by atoms with E-state index in [-0.39, 0.29) is 23.9 Å². The molecule has 0 atom stereocenters. The number of likely N-dealkylation sites (tertiary alicyclic amines) is 1. The Balaban J connectivity index is 2.94. The van der Waals surface area contributed by atoms with Crippen LogP contribution in [0, 0.1) is 4.91 Å². The minimum absolute atomic E-state index is 0.0333. The van der Waals surface area contributed by atoms with Crippen LogP contribution >= 0.6 is 0 Å². The van der Waals surface area contributed by atoms with Crippen molar-refractivity contribution >= 4 is 11.7 Å². The molecule has 1 fully saturated rings. The average Bonchev–Trinajstić information content (AvgIpc) is 2.32. The van der Waals surface area contributed by atoms with Gasteiger partial charge in [-0.3, -0.25) is 9.59 Å². The second kappa shape index (κ2) is 3.47. The van der Waals surface area contributed by atoms with Gasteiger partial charge in [0.25, 0.3) is 5.91 Å². The number of hydrogen-bond donors (Lipinski definition) is 0. The number of carbonyl (C=O) groups excluding carboxylic acids is 2. The molecular weight excluding hydrogens is 172 g/mol. The van der Waals surface area contributed by atoms with Crippen LogP contribution in [-0.4, -0.2) is 29.2 Å². The Labute approximate surface area is 75.4 Å². The summed E-state index contributed by atoms with van der Waals surface area (Å²) in [7, 11) is 0. The monoisotopic (exact) mass is 182 g/mol. The zero-order chi connectivity index (χ0) is 10.0. The van der Waals surface area contributed by atoms with Gasteiger partial charge in [-0.1, -0.05) is 0 Å². The zero-order valence-corrected chi connectivity index (χ0v) is 7.48. The number of rotatable bonds is 2. The SMILES string of the molecule is CC(C)N1CC(=O)/C(=C/N=O)C1=O. The van der Waals surface area contributed by atoms with Crippen LogP contribution in [0.2, 0.25) is 0 Å². The Morgan fingerprint density at radius 2 is 2.08 bits per heavy atom. The molecule has 1 heterocycles. The largest absolute Gasteiger partial charge is 0.328 e. The van der Waals surface area contributed by atoms with E-state index in [1.165, 1.54) is 4.90 Å². The first-order valence-corrected chi connectivity index (χ1v) is 3.94. The number of hydrogen-bond acceptors (Lipinski definition) is 4. The molecule has 13 heavy (non-hydrogen) atoms. The van der Waals surface area contributed by atoms with E-state index in [1.807, 2.05) is 13.8 Å². The van der Waals surface area contributed by atoms with Gasteiger partial charge in [0.05, 0.1) is 12.7 Å².